The summed E-state index contributed by atoms with van der Waals surface area (Å²) in [6, 6.07) is 10.5. The highest BCUT2D eigenvalue weighted by molar-refractivity contribution is 9.10. The molecule has 0 fully saturated rings. The van der Waals surface area contributed by atoms with E-state index in [4.69, 9.17) is 0 Å². The lowest BCUT2D eigenvalue weighted by Crippen LogP contribution is -2.08. The van der Waals surface area contributed by atoms with E-state index in [0.717, 1.165) is 10.5 Å². The number of halogens is 5. The Morgan fingerprint density at radius 2 is 1.45 bits per heavy atom. The third-order valence-electron chi connectivity index (χ3n) is 2.80. The van der Waals surface area contributed by atoms with Crippen LogP contribution >= 0.6 is 31.9 Å². The van der Waals surface area contributed by atoms with Crippen molar-refractivity contribution in [1.29, 1.82) is 0 Å². The zero-order valence-electron chi connectivity index (χ0n) is 9.96. The molecule has 0 radical (unpaired) electrons. The Bertz CT molecular complexity index is 609. The van der Waals surface area contributed by atoms with Crippen LogP contribution in [0, 0.1) is 0 Å². The topological polar surface area (TPSA) is 20.2 Å². The van der Waals surface area contributed by atoms with Gasteiger partial charge in [-0.15, -0.1) is 0 Å². The summed E-state index contributed by atoms with van der Waals surface area (Å²) in [5.74, 6) is 0. The quantitative estimate of drug-likeness (QED) is 0.712. The molecule has 6 heteroatoms. The predicted octanol–water partition coefficient (Wildman–Crippen LogP) is 5.31. The molecule has 0 aliphatic rings. The molecule has 0 spiro atoms. The Kier molecular flexibility index (Phi) is 4.56. The molecule has 1 nitrogen and oxygen atoms in total. The Balaban J connectivity index is 2.40. The molecular formula is C14H9Br2F3O. The van der Waals surface area contributed by atoms with Gasteiger partial charge in [-0.2, -0.15) is 13.2 Å². The van der Waals surface area contributed by atoms with Crippen molar-refractivity contribution in [2.75, 3.05) is 0 Å². The number of aliphatic hydroxyl groups is 1. The van der Waals surface area contributed by atoms with Crippen LogP contribution in [0.4, 0.5) is 13.2 Å². The van der Waals surface area contributed by atoms with Crippen molar-refractivity contribution in [2.24, 2.45) is 0 Å². The van der Waals surface area contributed by atoms with Gasteiger partial charge in [0.25, 0.3) is 0 Å². The second kappa shape index (κ2) is 5.87. The average Bonchev–Trinajstić information content (AvgIpc) is 2.38. The first-order chi connectivity index (χ1) is 9.29. The first-order valence-electron chi connectivity index (χ1n) is 5.59. The first kappa shape index (κ1) is 15.5. The van der Waals surface area contributed by atoms with Crippen LogP contribution < -0.4 is 0 Å². The highest BCUT2D eigenvalue weighted by Crippen LogP contribution is 2.37. The van der Waals surface area contributed by atoms with Crippen LogP contribution in [0.2, 0.25) is 0 Å². The molecule has 2 aromatic rings. The zero-order chi connectivity index (χ0) is 14.9. The van der Waals surface area contributed by atoms with Crippen LogP contribution in [-0.2, 0) is 6.18 Å². The molecule has 0 aromatic heterocycles. The fourth-order valence-electron chi connectivity index (χ4n) is 1.77. The zero-order valence-corrected chi connectivity index (χ0v) is 13.1. The maximum atomic E-state index is 12.8. The maximum absolute atomic E-state index is 12.8. The van der Waals surface area contributed by atoms with Gasteiger partial charge in [-0.1, -0.05) is 50.1 Å². The van der Waals surface area contributed by atoms with E-state index in [-0.39, 0.29) is 10.0 Å². The summed E-state index contributed by atoms with van der Waals surface area (Å²) in [5.41, 5.74) is -0.0716. The number of alkyl halides is 3. The first-order valence-corrected chi connectivity index (χ1v) is 7.18. The molecule has 0 bridgehead atoms. The van der Waals surface area contributed by atoms with E-state index in [2.05, 4.69) is 31.9 Å². The minimum absolute atomic E-state index is 0.0447. The largest absolute Gasteiger partial charge is 0.417 e. The van der Waals surface area contributed by atoms with Gasteiger partial charge in [-0.3, -0.25) is 0 Å². The molecule has 1 unspecified atom stereocenters. The molecular weight excluding hydrogens is 401 g/mol. The predicted molar refractivity (Wildman–Crippen MR) is 77.3 cm³/mol. The summed E-state index contributed by atoms with van der Waals surface area (Å²) >= 11 is 6.13. The van der Waals surface area contributed by atoms with Crippen molar-refractivity contribution in [3.63, 3.8) is 0 Å². The lowest BCUT2D eigenvalue weighted by atomic mass is 10.00. The smallest absolute Gasteiger partial charge is 0.384 e. The molecule has 0 saturated heterocycles. The van der Waals surface area contributed by atoms with Crippen molar-refractivity contribution in [2.45, 2.75) is 12.3 Å². The standard InChI is InChI=1S/C14H9Br2F3O/c15-10-4-1-8(2-5-10)13(20)9-3-6-12(16)11(7-9)14(17,18)19/h1-7,13,20H. The van der Waals surface area contributed by atoms with Gasteiger partial charge in [0.05, 0.1) is 5.56 Å². The van der Waals surface area contributed by atoms with Crippen LogP contribution in [-0.4, -0.2) is 5.11 Å². The van der Waals surface area contributed by atoms with Gasteiger partial charge < -0.3 is 5.11 Å². The van der Waals surface area contributed by atoms with Crippen LogP contribution in [0.3, 0.4) is 0 Å². The van der Waals surface area contributed by atoms with E-state index < -0.39 is 17.8 Å². The minimum atomic E-state index is -4.46. The molecule has 106 valence electrons. The molecule has 1 atom stereocenters. The molecule has 0 amide bonds. The highest BCUT2D eigenvalue weighted by atomic mass is 79.9. The fourth-order valence-corrected chi connectivity index (χ4v) is 2.50. The summed E-state index contributed by atoms with van der Waals surface area (Å²) in [5, 5.41) is 10.2. The van der Waals surface area contributed by atoms with Crippen LogP contribution in [0.15, 0.2) is 51.4 Å². The molecule has 2 rings (SSSR count). The molecule has 0 heterocycles. The number of hydrogen-bond donors (Lipinski definition) is 1. The fraction of sp³-hybridized carbons (Fsp3) is 0.143. The maximum Gasteiger partial charge on any atom is 0.417 e. The van der Waals surface area contributed by atoms with E-state index in [0.29, 0.717) is 5.56 Å². The van der Waals surface area contributed by atoms with Crippen molar-refractivity contribution in [3.8, 4) is 0 Å². The number of aliphatic hydroxyl groups excluding tert-OH is 1. The minimum Gasteiger partial charge on any atom is -0.384 e. The van der Waals surface area contributed by atoms with Gasteiger partial charge in [-0.05, 0) is 35.4 Å². The molecule has 1 N–H and O–H groups in total. The van der Waals surface area contributed by atoms with E-state index in [9.17, 15) is 18.3 Å². The van der Waals surface area contributed by atoms with Crippen LogP contribution in [0.1, 0.15) is 22.8 Å². The Hall–Kier alpha value is -0.850. The van der Waals surface area contributed by atoms with Crippen LogP contribution in [0.5, 0.6) is 0 Å². The van der Waals surface area contributed by atoms with Gasteiger partial charge in [0, 0.05) is 8.95 Å². The van der Waals surface area contributed by atoms with E-state index in [1.54, 1.807) is 24.3 Å². The van der Waals surface area contributed by atoms with Gasteiger partial charge in [-0.25, -0.2) is 0 Å². The number of rotatable bonds is 2. The highest BCUT2D eigenvalue weighted by Gasteiger charge is 2.33. The second-order valence-electron chi connectivity index (χ2n) is 4.19. The third-order valence-corrected chi connectivity index (χ3v) is 4.02. The Morgan fingerprint density at radius 1 is 0.900 bits per heavy atom. The van der Waals surface area contributed by atoms with Gasteiger partial charge in [0.1, 0.15) is 6.10 Å². The van der Waals surface area contributed by atoms with Crippen molar-refractivity contribution < 1.29 is 18.3 Å². The lowest BCUT2D eigenvalue weighted by Gasteiger charge is -2.15. The Labute approximate surface area is 130 Å². The lowest BCUT2D eigenvalue weighted by molar-refractivity contribution is -0.138. The van der Waals surface area contributed by atoms with E-state index >= 15 is 0 Å². The van der Waals surface area contributed by atoms with E-state index in [1.807, 2.05) is 0 Å². The SMILES string of the molecule is OC(c1ccc(Br)cc1)c1ccc(Br)c(C(F)(F)F)c1. The van der Waals surface area contributed by atoms with E-state index in [1.165, 1.54) is 12.1 Å². The summed E-state index contributed by atoms with van der Waals surface area (Å²) in [6.07, 6.45) is -5.56. The van der Waals surface area contributed by atoms with Crippen molar-refractivity contribution >= 4 is 31.9 Å². The summed E-state index contributed by atoms with van der Waals surface area (Å²) < 4.78 is 39.3. The molecule has 0 saturated carbocycles. The van der Waals surface area contributed by atoms with Gasteiger partial charge >= 0.3 is 6.18 Å². The molecule has 0 aliphatic carbocycles. The van der Waals surface area contributed by atoms with Crippen molar-refractivity contribution in [1.82, 2.24) is 0 Å². The molecule has 2 aromatic carbocycles. The third kappa shape index (κ3) is 3.42. The van der Waals surface area contributed by atoms with Gasteiger partial charge in [0.2, 0.25) is 0 Å². The monoisotopic (exact) mass is 408 g/mol. The average molecular weight is 410 g/mol. The summed E-state index contributed by atoms with van der Waals surface area (Å²) in [6.45, 7) is 0. The van der Waals surface area contributed by atoms with Gasteiger partial charge in [0.15, 0.2) is 0 Å². The normalized spacial score (nSPS) is 13.3. The summed E-state index contributed by atoms with van der Waals surface area (Å²) in [4.78, 5) is 0. The second-order valence-corrected chi connectivity index (χ2v) is 5.96. The number of benzene rings is 2. The van der Waals surface area contributed by atoms with Crippen molar-refractivity contribution in [3.05, 3.63) is 68.1 Å². The molecule has 0 aliphatic heterocycles. The Morgan fingerprint density at radius 3 is 2.00 bits per heavy atom. The van der Waals surface area contributed by atoms with Crippen LogP contribution in [0.25, 0.3) is 0 Å². The number of hydrogen-bond acceptors (Lipinski definition) is 1. The molecule has 20 heavy (non-hydrogen) atoms. The summed E-state index contributed by atoms with van der Waals surface area (Å²) in [7, 11) is 0.